The minimum Gasteiger partial charge on any atom is -0.493 e. The van der Waals surface area contributed by atoms with Crippen molar-refractivity contribution in [2.45, 2.75) is 65.5 Å². The lowest BCUT2D eigenvalue weighted by molar-refractivity contribution is -0.120. The van der Waals surface area contributed by atoms with Crippen molar-refractivity contribution in [3.63, 3.8) is 0 Å². The third-order valence-corrected chi connectivity index (χ3v) is 8.49. The summed E-state index contributed by atoms with van der Waals surface area (Å²) in [6.07, 6.45) is 1.13. The van der Waals surface area contributed by atoms with Crippen LogP contribution in [0.4, 0.5) is 11.4 Å². The molecule has 11 nitrogen and oxygen atoms in total. The largest absolute Gasteiger partial charge is 0.493 e. The first-order valence-corrected chi connectivity index (χ1v) is 15.8. The van der Waals surface area contributed by atoms with Gasteiger partial charge in [0.25, 0.3) is 0 Å². The number of ether oxygens (including phenoxy) is 3. The third-order valence-electron chi connectivity index (χ3n) is 8.49. The zero-order valence-electron chi connectivity index (χ0n) is 28.2. The molecule has 2 amide bonds. The summed E-state index contributed by atoms with van der Waals surface area (Å²) in [6, 6.07) is 11.3. The molecule has 5 rings (SSSR count). The molecule has 0 radical (unpaired) electrons. The van der Waals surface area contributed by atoms with Crippen molar-refractivity contribution in [2.24, 2.45) is 5.92 Å². The van der Waals surface area contributed by atoms with Gasteiger partial charge in [0, 0.05) is 24.1 Å². The molecule has 1 heterocycles. The van der Waals surface area contributed by atoms with Crippen LogP contribution >= 0.6 is 0 Å². The number of hydrogen-bond acceptors (Lipinski definition) is 8. The smallest absolute Gasteiger partial charge is 0.247 e. The number of benzene rings is 2. The number of H-pyrrole nitrogens is 1. The number of carbonyl (C=O) groups is 2. The molecule has 0 spiro atoms. The van der Waals surface area contributed by atoms with E-state index in [9.17, 15) is 14.4 Å². The first-order valence-electron chi connectivity index (χ1n) is 15.8. The number of nitrogens with one attached hydrogen (secondary N) is 4. The molecule has 0 fully saturated rings. The standard InChI is InChI=1S/C36H43N5O6/c1-18(2)32(36(44)38-22-10-13-26-28(16-22)41-35(40-26)19(3)4)39-27-14-11-23-24(17-29(27)43)25(37-20(5)42)12-9-21-15-30(45-6)33(46-7)34(47-8)31(21)23/h10-11,13-19,25,32H,9,12H2,1-8H3,(H,37,42)(H,38,44)(H,39,43)(H,40,41)/t25-,32-/m0/s1. The van der Waals surface area contributed by atoms with E-state index in [4.69, 9.17) is 14.2 Å². The van der Waals surface area contributed by atoms with Crippen molar-refractivity contribution < 1.29 is 23.8 Å². The number of anilines is 2. The summed E-state index contributed by atoms with van der Waals surface area (Å²) < 4.78 is 17.2. The highest BCUT2D eigenvalue weighted by Crippen LogP contribution is 2.50. The van der Waals surface area contributed by atoms with Crippen molar-refractivity contribution in [2.75, 3.05) is 32.0 Å². The predicted octanol–water partition coefficient (Wildman–Crippen LogP) is 5.94. The topological polar surface area (TPSA) is 144 Å². The maximum absolute atomic E-state index is 13.9. The lowest BCUT2D eigenvalue weighted by Crippen LogP contribution is -2.39. The van der Waals surface area contributed by atoms with Crippen LogP contribution in [0.25, 0.3) is 22.2 Å². The molecule has 0 aliphatic heterocycles. The van der Waals surface area contributed by atoms with Gasteiger partial charge < -0.3 is 35.1 Å². The van der Waals surface area contributed by atoms with Crippen LogP contribution in [0.1, 0.15) is 70.0 Å². The number of aryl methyl sites for hydroxylation is 1. The van der Waals surface area contributed by atoms with E-state index >= 15 is 0 Å². The molecule has 0 saturated heterocycles. The van der Waals surface area contributed by atoms with Gasteiger partial charge in [0.2, 0.25) is 23.0 Å². The summed E-state index contributed by atoms with van der Waals surface area (Å²) in [7, 11) is 4.66. The summed E-state index contributed by atoms with van der Waals surface area (Å²) in [5, 5.41) is 9.25. The molecule has 2 atom stereocenters. The second-order valence-corrected chi connectivity index (χ2v) is 12.5. The molecule has 1 aromatic heterocycles. The number of hydrogen-bond donors (Lipinski definition) is 4. The highest BCUT2D eigenvalue weighted by atomic mass is 16.5. The van der Waals surface area contributed by atoms with E-state index in [-0.39, 0.29) is 34.8 Å². The highest BCUT2D eigenvalue weighted by Gasteiger charge is 2.30. The van der Waals surface area contributed by atoms with Crippen LogP contribution in [-0.2, 0) is 16.0 Å². The number of amides is 2. The quantitative estimate of drug-likeness (QED) is 0.167. The van der Waals surface area contributed by atoms with Gasteiger partial charge in [-0.1, -0.05) is 33.8 Å². The van der Waals surface area contributed by atoms with Gasteiger partial charge in [0.15, 0.2) is 11.5 Å². The molecule has 1 aliphatic rings. The molecular weight excluding hydrogens is 598 g/mol. The van der Waals surface area contributed by atoms with Crippen molar-refractivity contribution >= 4 is 34.2 Å². The van der Waals surface area contributed by atoms with E-state index in [0.29, 0.717) is 46.9 Å². The number of nitrogens with zero attached hydrogens (tertiary/aromatic N) is 1. The molecule has 0 bridgehead atoms. The first-order chi connectivity index (χ1) is 22.4. The van der Waals surface area contributed by atoms with Crippen LogP contribution in [-0.4, -0.2) is 49.2 Å². The maximum atomic E-state index is 13.9. The fraction of sp³-hybridized carbons (Fsp3) is 0.389. The maximum Gasteiger partial charge on any atom is 0.247 e. The Hall–Kier alpha value is -5.06. The SMILES string of the molecule is COc1cc2c(c(OC)c1OC)-c1ccc(N[C@H](C(=O)Nc3ccc4nc(C(C)C)[nH]c4c3)C(C)C)c(=O)cc1[C@@H](NC(C)=O)CC2. The summed E-state index contributed by atoms with van der Waals surface area (Å²) in [6.45, 7) is 9.42. The summed E-state index contributed by atoms with van der Waals surface area (Å²) >= 11 is 0. The molecule has 47 heavy (non-hydrogen) atoms. The summed E-state index contributed by atoms with van der Waals surface area (Å²) in [4.78, 5) is 47.8. The number of aromatic nitrogens is 2. The third kappa shape index (κ3) is 6.74. The second kappa shape index (κ2) is 13.7. The van der Waals surface area contributed by atoms with Crippen molar-refractivity contribution in [3.8, 4) is 28.4 Å². The van der Waals surface area contributed by atoms with Gasteiger partial charge in [-0.15, -0.1) is 0 Å². The van der Waals surface area contributed by atoms with E-state index in [1.54, 1.807) is 27.4 Å². The molecule has 0 unspecified atom stereocenters. The van der Waals surface area contributed by atoms with Crippen LogP contribution < -0.4 is 35.6 Å². The number of imidazole rings is 1. The van der Waals surface area contributed by atoms with E-state index in [1.807, 2.05) is 44.2 Å². The number of aromatic amines is 1. The molecule has 4 N–H and O–H groups in total. The highest BCUT2D eigenvalue weighted by molar-refractivity contribution is 5.98. The van der Waals surface area contributed by atoms with Gasteiger partial charge in [-0.3, -0.25) is 14.4 Å². The van der Waals surface area contributed by atoms with Crippen molar-refractivity contribution in [3.05, 3.63) is 69.6 Å². The van der Waals surface area contributed by atoms with Gasteiger partial charge in [0.1, 0.15) is 11.9 Å². The average Bonchev–Trinajstić information content (AvgIpc) is 3.33. The Balaban J connectivity index is 1.55. The number of methoxy groups -OCH3 is 3. The van der Waals surface area contributed by atoms with Gasteiger partial charge in [0.05, 0.1) is 44.1 Å². The van der Waals surface area contributed by atoms with E-state index < -0.39 is 12.1 Å². The monoisotopic (exact) mass is 641 g/mol. The summed E-state index contributed by atoms with van der Waals surface area (Å²) in [5.74, 6) is 1.88. The van der Waals surface area contributed by atoms with Crippen LogP contribution in [0.2, 0.25) is 0 Å². The number of rotatable bonds is 10. The zero-order valence-corrected chi connectivity index (χ0v) is 28.2. The van der Waals surface area contributed by atoms with Crippen LogP contribution in [0, 0.1) is 5.92 Å². The molecule has 3 aromatic carbocycles. The van der Waals surface area contributed by atoms with E-state index in [0.717, 1.165) is 28.0 Å². The average molecular weight is 642 g/mol. The lowest BCUT2D eigenvalue weighted by atomic mass is 9.95. The normalized spacial score (nSPS) is 14.6. The Morgan fingerprint density at radius 3 is 2.34 bits per heavy atom. The molecule has 4 aromatic rings. The van der Waals surface area contributed by atoms with Crippen LogP contribution in [0.3, 0.4) is 0 Å². The Labute approximate surface area is 274 Å². The minimum atomic E-state index is -0.731. The Morgan fingerprint density at radius 1 is 0.957 bits per heavy atom. The van der Waals surface area contributed by atoms with Gasteiger partial charge in [-0.25, -0.2) is 4.98 Å². The predicted molar refractivity (Wildman–Crippen MR) is 184 cm³/mol. The number of fused-ring (bicyclic) bond motifs is 4. The Bertz CT molecular complexity index is 1880. The fourth-order valence-corrected chi connectivity index (χ4v) is 6.13. The van der Waals surface area contributed by atoms with Crippen molar-refractivity contribution in [1.82, 2.24) is 15.3 Å². The Morgan fingerprint density at radius 2 is 1.70 bits per heavy atom. The van der Waals surface area contributed by atoms with Gasteiger partial charge >= 0.3 is 0 Å². The molecule has 11 heteroatoms. The zero-order chi connectivity index (χ0) is 34.0. The van der Waals surface area contributed by atoms with Gasteiger partial charge in [-0.2, -0.15) is 0 Å². The molecule has 1 aliphatic carbocycles. The van der Waals surface area contributed by atoms with E-state index in [1.165, 1.54) is 13.0 Å². The fourth-order valence-electron chi connectivity index (χ4n) is 6.13. The van der Waals surface area contributed by atoms with Crippen LogP contribution in [0.5, 0.6) is 17.2 Å². The molecular formula is C36H43N5O6. The number of carbonyl (C=O) groups excluding carboxylic acids is 2. The van der Waals surface area contributed by atoms with Crippen LogP contribution in [0.15, 0.2) is 47.3 Å². The lowest BCUT2D eigenvalue weighted by Gasteiger charge is -2.22. The Kier molecular flexibility index (Phi) is 9.74. The van der Waals surface area contributed by atoms with E-state index in [2.05, 4.69) is 39.8 Å². The van der Waals surface area contributed by atoms with Crippen molar-refractivity contribution in [1.29, 1.82) is 0 Å². The summed E-state index contributed by atoms with van der Waals surface area (Å²) in [5.41, 5.74) is 5.23. The second-order valence-electron chi connectivity index (χ2n) is 12.5. The molecule has 0 saturated carbocycles. The minimum absolute atomic E-state index is 0.161. The molecule has 248 valence electrons. The first kappa shape index (κ1) is 33.3. The van der Waals surface area contributed by atoms with Gasteiger partial charge in [-0.05, 0) is 71.8 Å².